The van der Waals surface area contributed by atoms with Crippen molar-refractivity contribution in [2.45, 2.75) is 25.7 Å². The molecule has 0 aliphatic carbocycles. The quantitative estimate of drug-likeness (QED) is 0.646. The van der Waals surface area contributed by atoms with Gasteiger partial charge in [0.1, 0.15) is 0 Å². The number of amides is 2. The molecule has 0 bridgehead atoms. The van der Waals surface area contributed by atoms with Crippen LogP contribution in [0.25, 0.3) is 0 Å². The molecule has 0 atom stereocenters. The fourth-order valence-electron chi connectivity index (χ4n) is 2.32. The van der Waals surface area contributed by atoms with E-state index < -0.39 is 0 Å². The molecule has 4 nitrogen and oxygen atoms in total. The van der Waals surface area contributed by atoms with E-state index in [9.17, 15) is 4.79 Å². The predicted octanol–water partition coefficient (Wildman–Crippen LogP) is 0.888. The van der Waals surface area contributed by atoms with E-state index in [2.05, 4.69) is 5.32 Å². The van der Waals surface area contributed by atoms with Crippen LogP contribution < -0.4 is 5.32 Å². The molecule has 0 unspecified atom stereocenters. The molecular formula is C11H21N3O. The minimum Gasteiger partial charge on any atom is -0.325 e. The average Bonchev–Trinajstić information content (AvgIpc) is 2.58. The number of hydrogen-bond donors (Lipinski definition) is 1. The molecule has 2 aliphatic heterocycles. The molecule has 2 heterocycles. The van der Waals surface area contributed by atoms with Crippen molar-refractivity contribution in [3.63, 3.8) is 0 Å². The molecule has 2 rings (SSSR count). The highest BCUT2D eigenvalue weighted by Crippen LogP contribution is 2.11. The van der Waals surface area contributed by atoms with Gasteiger partial charge >= 0.3 is 6.03 Å². The molecular weight excluding hydrogens is 190 g/mol. The second kappa shape index (κ2) is 5.35. The zero-order valence-corrected chi connectivity index (χ0v) is 9.37. The van der Waals surface area contributed by atoms with Crippen molar-refractivity contribution in [3.05, 3.63) is 0 Å². The van der Waals surface area contributed by atoms with Crippen LogP contribution in [0.15, 0.2) is 0 Å². The van der Waals surface area contributed by atoms with Crippen LogP contribution in [0.5, 0.6) is 0 Å². The van der Waals surface area contributed by atoms with E-state index in [1.165, 1.54) is 25.7 Å². The summed E-state index contributed by atoms with van der Waals surface area (Å²) < 4.78 is 0. The maximum absolute atomic E-state index is 12.1. The molecule has 4 heteroatoms. The number of rotatable bonds is 0. The summed E-state index contributed by atoms with van der Waals surface area (Å²) in [7, 11) is 0. The molecule has 15 heavy (non-hydrogen) atoms. The Hall–Kier alpha value is -0.770. The lowest BCUT2D eigenvalue weighted by Crippen LogP contribution is -2.51. The molecule has 0 aromatic carbocycles. The zero-order valence-electron chi connectivity index (χ0n) is 9.37. The lowest BCUT2D eigenvalue weighted by atomic mass is 10.2. The Bertz CT molecular complexity index is 206. The lowest BCUT2D eigenvalue weighted by molar-refractivity contribution is 0.148. The summed E-state index contributed by atoms with van der Waals surface area (Å²) in [5.41, 5.74) is 0. The van der Waals surface area contributed by atoms with Gasteiger partial charge in [0.25, 0.3) is 0 Å². The van der Waals surface area contributed by atoms with Gasteiger partial charge < -0.3 is 15.1 Å². The largest absolute Gasteiger partial charge is 0.325 e. The topological polar surface area (TPSA) is 35.6 Å². The number of carbonyl (C=O) groups excluding carboxylic acids is 1. The van der Waals surface area contributed by atoms with Crippen molar-refractivity contribution in [3.8, 4) is 0 Å². The van der Waals surface area contributed by atoms with Crippen LogP contribution in [0.3, 0.4) is 0 Å². The third-order valence-electron chi connectivity index (χ3n) is 3.26. The number of urea groups is 1. The maximum Gasteiger partial charge on any atom is 0.320 e. The first-order valence-corrected chi connectivity index (χ1v) is 6.12. The van der Waals surface area contributed by atoms with Crippen LogP contribution in [-0.2, 0) is 0 Å². The summed E-state index contributed by atoms with van der Waals surface area (Å²) in [4.78, 5) is 16.2. The van der Waals surface area contributed by atoms with Gasteiger partial charge in [0, 0.05) is 39.3 Å². The molecule has 2 aliphatic rings. The zero-order chi connectivity index (χ0) is 10.5. The average molecular weight is 211 g/mol. The predicted molar refractivity (Wildman–Crippen MR) is 59.9 cm³/mol. The van der Waals surface area contributed by atoms with E-state index in [1.54, 1.807) is 0 Å². The molecule has 86 valence electrons. The molecule has 1 N–H and O–H groups in total. The summed E-state index contributed by atoms with van der Waals surface area (Å²) in [6, 6.07) is 0.262. The van der Waals surface area contributed by atoms with E-state index in [1.807, 2.05) is 9.80 Å². The maximum atomic E-state index is 12.1. The van der Waals surface area contributed by atoms with E-state index in [0.29, 0.717) is 0 Å². The Morgan fingerprint density at radius 2 is 1.33 bits per heavy atom. The number of piperazine rings is 1. The number of nitrogens with zero attached hydrogens (tertiary/aromatic N) is 2. The van der Waals surface area contributed by atoms with Gasteiger partial charge in [-0.3, -0.25) is 0 Å². The molecule has 0 spiro atoms. The summed E-state index contributed by atoms with van der Waals surface area (Å²) in [6.45, 7) is 5.55. The normalized spacial score (nSPS) is 23.7. The first-order chi connectivity index (χ1) is 7.38. The molecule has 0 aromatic heterocycles. The summed E-state index contributed by atoms with van der Waals surface area (Å²) in [6.07, 6.45) is 4.92. The summed E-state index contributed by atoms with van der Waals surface area (Å²) in [5, 5.41) is 3.27. The second-order valence-corrected chi connectivity index (χ2v) is 4.42. The van der Waals surface area contributed by atoms with Gasteiger partial charge in [0.15, 0.2) is 0 Å². The Balaban J connectivity index is 1.87. The standard InChI is InChI=1S/C11H21N3O/c15-11(14-9-5-12-6-10-14)13-7-3-1-2-4-8-13/h12H,1-10H2. The molecule has 2 fully saturated rings. The number of likely N-dealkylation sites (tertiary alicyclic amines) is 1. The van der Waals surface area contributed by atoms with E-state index in [4.69, 9.17) is 0 Å². The van der Waals surface area contributed by atoms with Crippen LogP contribution >= 0.6 is 0 Å². The van der Waals surface area contributed by atoms with Crippen LogP contribution in [0, 0.1) is 0 Å². The van der Waals surface area contributed by atoms with Gasteiger partial charge in [0.2, 0.25) is 0 Å². The lowest BCUT2D eigenvalue weighted by Gasteiger charge is -2.32. The molecule has 2 saturated heterocycles. The van der Waals surface area contributed by atoms with Crippen molar-refractivity contribution in [2.75, 3.05) is 39.3 Å². The Labute approximate surface area is 91.6 Å². The fraction of sp³-hybridized carbons (Fsp3) is 0.909. The van der Waals surface area contributed by atoms with Gasteiger partial charge in [-0.1, -0.05) is 12.8 Å². The van der Waals surface area contributed by atoms with Crippen LogP contribution in [0.2, 0.25) is 0 Å². The smallest absolute Gasteiger partial charge is 0.320 e. The molecule has 2 amide bonds. The third-order valence-corrected chi connectivity index (χ3v) is 3.26. The SMILES string of the molecule is O=C(N1CCCCCC1)N1CCNCC1. The fourth-order valence-corrected chi connectivity index (χ4v) is 2.32. The summed E-state index contributed by atoms with van der Waals surface area (Å²) >= 11 is 0. The van der Waals surface area contributed by atoms with E-state index in [-0.39, 0.29) is 6.03 Å². The van der Waals surface area contributed by atoms with Gasteiger partial charge in [-0.05, 0) is 12.8 Å². The van der Waals surface area contributed by atoms with E-state index in [0.717, 1.165) is 39.3 Å². The number of carbonyl (C=O) groups is 1. The highest BCUT2D eigenvalue weighted by atomic mass is 16.2. The van der Waals surface area contributed by atoms with E-state index >= 15 is 0 Å². The van der Waals surface area contributed by atoms with Crippen LogP contribution in [-0.4, -0.2) is 55.1 Å². The highest BCUT2D eigenvalue weighted by molar-refractivity contribution is 5.74. The van der Waals surface area contributed by atoms with Crippen molar-refractivity contribution < 1.29 is 4.79 Å². The number of nitrogens with one attached hydrogen (secondary N) is 1. The summed E-state index contributed by atoms with van der Waals surface area (Å²) in [5.74, 6) is 0. The van der Waals surface area contributed by atoms with Crippen molar-refractivity contribution >= 4 is 6.03 Å². The minimum atomic E-state index is 0.262. The van der Waals surface area contributed by atoms with Crippen molar-refractivity contribution in [2.24, 2.45) is 0 Å². The monoisotopic (exact) mass is 211 g/mol. The molecule has 0 saturated carbocycles. The van der Waals surface area contributed by atoms with Crippen molar-refractivity contribution in [1.82, 2.24) is 15.1 Å². The van der Waals surface area contributed by atoms with Crippen molar-refractivity contribution in [1.29, 1.82) is 0 Å². The highest BCUT2D eigenvalue weighted by Gasteiger charge is 2.22. The Kier molecular flexibility index (Phi) is 3.83. The second-order valence-electron chi connectivity index (χ2n) is 4.42. The van der Waals surface area contributed by atoms with Crippen LogP contribution in [0.4, 0.5) is 4.79 Å². The first kappa shape index (κ1) is 10.7. The van der Waals surface area contributed by atoms with Gasteiger partial charge in [0.05, 0.1) is 0 Å². The van der Waals surface area contributed by atoms with Crippen LogP contribution in [0.1, 0.15) is 25.7 Å². The third kappa shape index (κ3) is 2.84. The van der Waals surface area contributed by atoms with Gasteiger partial charge in [-0.25, -0.2) is 4.79 Å². The van der Waals surface area contributed by atoms with Gasteiger partial charge in [-0.2, -0.15) is 0 Å². The molecule has 0 aromatic rings. The Morgan fingerprint density at radius 1 is 0.800 bits per heavy atom. The molecule has 0 radical (unpaired) electrons. The Morgan fingerprint density at radius 3 is 1.93 bits per heavy atom. The number of hydrogen-bond acceptors (Lipinski definition) is 2. The van der Waals surface area contributed by atoms with Gasteiger partial charge in [-0.15, -0.1) is 0 Å². The first-order valence-electron chi connectivity index (χ1n) is 6.12. The minimum absolute atomic E-state index is 0.262.